The predicted octanol–water partition coefficient (Wildman–Crippen LogP) is 6.61. The molecular weight excluding hydrogens is 431 g/mol. The highest BCUT2D eigenvalue weighted by Gasteiger charge is 2.21. The normalized spacial score (nSPS) is 10.9. The molecule has 0 saturated heterocycles. The Bertz CT molecular complexity index is 1230. The second-order valence-corrected chi connectivity index (χ2v) is 7.68. The van der Waals surface area contributed by atoms with Crippen LogP contribution in [0.3, 0.4) is 0 Å². The molecule has 0 fully saturated rings. The van der Waals surface area contributed by atoms with E-state index < -0.39 is 5.91 Å². The van der Waals surface area contributed by atoms with E-state index in [4.69, 9.17) is 34.8 Å². The summed E-state index contributed by atoms with van der Waals surface area (Å²) in [5.41, 5.74) is 2.04. The Hall–Kier alpha value is -2.79. The van der Waals surface area contributed by atoms with Crippen LogP contribution in [-0.4, -0.2) is 16.7 Å². The number of aromatic amines is 1. The van der Waals surface area contributed by atoms with E-state index in [9.17, 15) is 9.59 Å². The summed E-state index contributed by atoms with van der Waals surface area (Å²) in [7, 11) is 0. The number of carbonyl (C=O) groups excluding carboxylic acids is 2. The summed E-state index contributed by atoms with van der Waals surface area (Å²) in [4.78, 5) is 29.0. The molecule has 144 valence electrons. The average Bonchev–Trinajstić information content (AvgIpc) is 3.04. The first-order valence-corrected chi connectivity index (χ1v) is 9.74. The van der Waals surface area contributed by atoms with Gasteiger partial charge in [-0.3, -0.25) is 9.59 Å². The predicted molar refractivity (Wildman–Crippen MR) is 118 cm³/mol. The van der Waals surface area contributed by atoms with Gasteiger partial charge >= 0.3 is 0 Å². The molecule has 4 nitrogen and oxygen atoms in total. The van der Waals surface area contributed by atoms with E-state index in [1.165, 1.54) is 18.2 Å². The van der Waals surface area contributed by atoms with Gasteiger partial charge < -0.3 is 10.3 Å². The van der Waals surface area contributed by atoms with E-state index in [0.29, 0.717) is 37.2 Å². The Balaban J connectivity index is 1.81. The molecule has 4 aromatic rings. The first kappa shape index (κ1) is 19.5. The molecule has 1 heterocycles. The molecule has 0 spiro atoms. The Morgan fingerprint density at radius 1 is 0.759 bits per heavy atom. The fourth-order valence-corrected chi connectivity index (χ4v) is 3.77. The first-order valence-electron chi connectivity index (χ1n) is 8.61. The first-order chi connectivity index (χ1) is 13.9. The van der Waals surface area contributed by atoms with Crippen molar-refractivity contribution in [3.63, 3.8) is 0 Å². The second kappa shape index (κ2) is 7.91. The molecule has 0 aliphatic heterocycles. The number of aromatic nitrogens is 1. The van der Waals surface area contributed by atoms with E-state index in [0.717, 1.165) is 0 Å². The number of fused-ring (bicyclic) bond motifs is 1. The van der Waals surface area contributed by atoms with Gasteiger partial charge in [0.15, 0.2) is 0 Å². The van der Waals surface area contributed by atoms with Gasteiger partial charge in [0.2, 0.25) is 5.78 Å². The lowest BCUT2D eigenvalue weighted by atomic mass is 10.1. The molecule has 0 aliphatic carbocycles. The lowest BCUT2D eigenvalue weighted by Crippen LogP contribution is -2.15. The van der Waals surface area contributed by atoms with Gasteiger partial charge in [0.25, 0.3) is 5.91 Å². The van der Waals surface area contributed by atoms with E-state index in [1.54, 1.807) is 42.5 Å². The van der Waals surface area contributed by atoms with Crippen molar-refractivity contribution in [2.45, 2.75) is 0 Å². The Morgan fingerprint density at radius 2 is 1.45 bits per heavy atom. The molecule has 1 aromatic heterocycles. The lowest BCUT2D eigenvalue weighted by Gasteiger charge is -2.08. The molecule has 0 atom stereocenters. The molecule has 0 aliphatic rings. The fraction of sp³-hybridized carbons (Fsp3) is 0. The smallest absolute Gasteiger partial charge is 0.255 e. The zero-order chi connectivity index (χ0) is 20.5. The van der Waals surface area contributed by atoms with Gasteiger partial charge in [-0.15, -0.1) is 0 Å². The number of hydrogen-bond donors (Lipinski definition) is 2. The van der Waals surface area contributed by atoms with E-state index in [-0.39, 0.29) is 17.0 Å². The van der Waals surface area contributed by atoms with Gasteiger partial charge in [0, 0.05) is 37.1 Å². The van der Waals surface area contributed by atoms with Crippen LogP contribution in [0.5, 0.6) is 0 Å². The van der Waals surface area contributed by atoms with Gasteiger partial charge in [-0.05, 0) is 36.4 Å². The minimum Gasteiger partial charge on any atom is -0.350 e. The quantitative estimate of drug-likeness (QED) is 0.349. The summed E-state index contributed by atoms with van der Waals surface area (Å²) in [6.07, 6.45) is 0. The summed E-state index contributed by atoms with van der Waals surface area (Å²) in [6.45, 7) is 0. The third kappa shape index (κ3) is 4.01. The zero-order valence-corrected chi connectivity index (χ0v) is 17.1. The largest absolute Gasteiger partial charge is 0.350 e. The fourth-order valence-electron chi connectivity index (χ4n) is 3.07. The summed E-state index contributed by atoms with van der Waals surface area (Å²) >= 11 is 18.1. The maximum absolute atomic E-state index is 13.1. The average molecular weight is 444 g/mol. The SMILES string of the molecule is O=C(Nc1c(C(=O)c2ccccc2)[nH]c2cc(Cl)ccc12)c1cc(Cl)cc(Cl)c1. The highest BCUT2D eigenvalue weighted by atomic mass is 35.5. The van der Waals surface area contributed by atoms with Gasteiger partial charge in [-0.1, -0.05) is 65.1 Å². The monoisotopic (exact) mass is 442 g/mol. The van der Waals surface area contributed by atoms with Crippen molar-refractivity contribution in [2.75, 3.05) is 5.32 Å². The van der Waals surface area contributed by atoms with Gasteiger partial charge in [-0.2, -0.15) is 0 Å². The number of carbonyl (C=O) groups is 2. The highest BCUT2D eigenvalue weighted by Crippen LogP contribution is 2.32. The number of nitrogens with one attached hydrogen (secondary N) is 2. The minimum atomic E-state index is -0.438. The van der Waals surface area contributed by atoms with Crippen molar-refractivity contribution in [3.8, 4) is 0 Å². The highest BCUT2D eigenvalue weighted by molar-refractivity contribution is 6.35. The summed E-state index contributed by atoms with van der Waals surface area (Å²) in [6, 6.07) is 18.5. The molecular formula is C22H13Cl3N2O2. The Morgan fingerprint density at radius 3 is 2.14 bits per heavy atom. The lowest BCUT2D eigenvalue weighted by molar-refractivity contribution is 0.102. The third-order valence-electron chi connectivity index (χ3n) is 4.39. The number of amides is 1. The van der Waals surface area contributed by atoms with Crippen LogP contribution in [0.4, 0.5) is 5.69 Å². The molecule has 4 rings (SSSR count). The van der Waals surface area contributed by atoms with Gasteiger partial charge in [0.05, 0.1) is 5.69 Å². The molecule has 0 bridgehead atoms. The molecule has 0 saturated carbocycles. The molecule has 0 radical (unpaired) electrons. The molecule has 7 heteroatoms. The molecule has 1 amide bonds. The topological polar surface area (TPSA) is 62.0 Å². The molecule has 0 unspecified atom stereocenters. The summed E-state index contributed by atoms with van der Waals surface area (Å²) in [5.74, 6) is -0.690. The van der Waals surface area contributed by atoms with Crippen molar-refractivity contribution in [1.29, 1.82) is 0 Å². The van der Waals surface area contributed by atoms with Crippen LogP contribution >= 0.6 is 34.8 Å². The van der Waals surface area contributed by atoms with Gasteiger partial charge in [-0.25, -0.2) is 0 Å². The third-order valence-corrected chi connectivity index (χ3v) is 5.06. The number of rotatable bonds is 4. The van der Waals surface area contributed by atoms with Crippen molar-refractivity contribution >= 4 is 63.1 Å². The Labute approximate surface area is 181 Å². The van der Waals surface area contributed by atoms with Crippen LogP contribution in [-0.2, 0) is 0 Å². The number of ketones is 1. The van der Waals surface area contributed by atoms with Crippen LogP contribution in [0.25, 0.3) is 10.9 Å². The second-order valence-electron chi connectivity index (χ2n) is 6.37. The maximum Gasteiger partial charge on any atom is 0.255 e. The summed E-state index contributed by atoms with van der Waals surface area (Å²) in [5, 5.41) is 4.68. The van der Waals surface area contributed by atoms with Crippen LogP contribution < -0.4 is 5.32 Å². The number of anilines is 1. The van der Waals surface area contributed by atoms with Crippen molar-refractivity contribution < 1.29 is 9.59 Å². The molecule has 29 heavy (non-hydrogen) atoms. The van der Waals surface area contributed by atoms with Crippen molar-refractivity contribution in [1.82, 2.24) is 4.98 Å². The maximum atomic E-state index is 13.1. The number of benzene rings is 3. The summed E-state index contributed by atoms with van der Waals surface area (Å²) < 4.78 is 0. The van der Waals surface area contributed by atoms with Gasteiger partial charge in [0.1, 0.15) is 5.69 Å². The van der Waals surface area contributed by atoms with Crippen LogP contribution in [0.1, 0.15) is 26.4 Å². The minimum absolute atomic E-state index is 0.252. The molecule has 3 aromatic carbocycles. The molecule has 2 N–H and O–H groups in total. The number of hydrogen-bond acceptors (Lipinski definition) is 2. The van der Waals surface area contributed by atoms with E-state index in [2.05, 4.69) is 10.3 Å². The Kier molecular flexibility index (Phi) is 5.33. The number of H-pyrrole nitrogens is 1. The standard InChI is InChI=1S/C22H13Cl3N2O2/c23-14-6-7-17-18(11-14)26-20(21(28)12-4-2-1-3-5-12)19(17)27-22(29)13-8-15(24)10-16(25)9-13/h1-11,26H,(H,27,29). The van der Waals surface area contributed by atoms with Crippen LogP contribution in [0.15, 0.2) is 66.7 Å². The van der Waals surface area contributed by atoms with E-state index in [1.807, 2.05) is 6.07 Å². The van der Waals surface area contributed by atoms with Crippen LogP contribution in [0.2, 0.25) is 15.1 Å². The van der Waals surface area contributed by atoms with E-state index >= 15 is 0 Å². The van der Waals surface area contributed by atoms with Crippen molar-refractivity contribution in [3.05, 3.63) is 98.6 Å². The zero-order valence-electron chi connectivity index (χ0n) is 14.8. The van der Waals surface area contributed by atoms with Crippen molar-refractivity contribution in [2.24, 2.45) is 0 Å². The van der Waals surface area contributed by atoms with Crippen LogP contribution in [0, 0.1) is 0 Å². The number of halogens is 3.